The Morgan fingerprint density at radius 2 is 1.58 bits per heavy atom. The van der Waals surface area contributed by atoms with E-state index >= 15 is 0 Å². The van der Waals surface area contributed by atoms with Crippen molar-refractivity contribution in [2.75, 3.05) is 6.26 Å². The lowest BCUT2D eigenvalue weighted by Crippen LogP contribution is -2.15. The Labute approximate surface area is 147 Å². The number of sulfone groups is 1. The molecule has 0 fully saturated rings. The van der Waals surface area contributed by atoms with Crippen LogP contribution in [0.3, 0.4) is 0 Å². The highest BCUT2D eigenvalue weighted by Crippen LogP contribution is 2.21. The Balaban J connectivity index is 2.30. The maximum atomic E-state index is 12.8. The smallest absolute Gasteiger partial charge is 0.275 e. The lowest BCUT2D eigenvalue weighted by Gasteiger charge is -2.09. The number of fused-ring (bicyclic) bond motifs is 3. The fourth-order valence-corrected chi connectivity index (χ4v) is 3.48. The largest absolute Gasteiger partial charge is 0.372 e. The van der Waals surface area contributed by atoms with Crippen LogP contribution in [0.1, 0.15) is 0 Å². The topological polar surface area (TPSA) is 104 Å². The Kier molecular flexibility index (Phi) is 3.48. The second-order valence-electron chi connectivity index (χ2n) is 5.75. The maximum absolute atomic E-state index is 12.8. The lowest BCUT2D eigenvalue weighted by molar-refractivity contribution is 0.602. The molecular weight excluding hydrogens is 356 g/mol. The third kappa shape index (κ3) is 2.49. The molecule has 0 spiro atoms. The summed E-state index contributed by atoms with van der Waals surface area (Å²) in [6.45, 7) is 0. The molecule has 2 aliphatic heterocycles. The predicted octanol–water partition coefficient (Wildman–Crippen LogP) is 0.773. The minimum atomic E-state index is -3.51. The van der Waals surface area contributed by atoms with Gasteiger partial charge >= 0.3 is 5.69 Å². The van der Waals surface area contributed by atoms with Gasteiger partial charge < -0.3 is 0 Å². The molecule has 0 amide bonds. The van der Waals surface area contributed by atoms with Crippen molar-refractivity contribution in [3.8, 4) is 11.5 Å². The summed E-state index contributed by atoms with van der Waals surface area (Å²) >= 11 is 0. The Morgan fingerprint density at radius 1 is 0.846 bits per heavy atom. The Bertz CT molecular complexity index is 1340. The molecule has 0 radical (unpaired) electrons. The van der Waals surface area contributed by atoms with E-state index in [4.69, 9.17) is 0 Å². The van der Waals surface area contributed by atoms with Crippen molar-refractivity contribution < 1.29 is 8.42 Å². The van der Waals surface area contributed by atoms with Gasteiger partial charge in [-0.2, -0.15) is 0 Å². The van der Waals surface area contributed by atoms with Crippen molar-refractivity contribution in [1.29, 1.82) is 0 Å². The maximum Gasteiger partial charge on any atom is 0.372 e. The number of hydrogen-bond donors (Lipinski definition) is 0. The zero-order valence-electron chi connectivity index (χ0n) is 13.5. The van der Waals surface area contributed by atoms with Crippen molar-refractivity contribution in [1.82, 2.24) is 19.3 Å². The van der Waals surface area contributed by atoms with E-state index in [1.165, 1.54) is 33.4 Å². The molecule has 0 bridgehead atoms. The highest BCUT2D eigenvalue weighted by molar-refractivity contribution is 7.90. The van der Waals surface area contributed by atoms with Crippen LogP contribution in [0.5, 0.6) is 0 Å². The molecule has 4 rings (SSSR count). The van der Waals surface area contributed by atoms with Gasteiger partial charge in [-0.25, -0.2) is 17.8 Å². The van der Waals surface area contributed by atoms with Gasteiger partial charge in [-0.15, -0.1) is 5.10 Å². The average Bonchev–Trinajstić information content (AvgIpc) is 2.89. The summed E-state index contributed by atoms with van der Waals surface area (Å²) < 4.78 is 26.5. The van der Waals surface area contributed by atoms with Crippen LogP contribution in [0.15, 0.2) is 69.1 Å². The monoisotopic (exact) mass is 368 g/mol. The molecule has 0 atom stereocenters. The minimum absolute atomic E-state index is 0.0361. The Hall–Kier alpha value is -3.33. The molecule has 0 unspecified atom stereocenters. The quantitative estimate of drug-likeness (QED) is 0.518. The van der Waals surface area contributed by atoms with Gasteiger partial charge in [0.15, 0.2) is 15.7 Å². The summed E-state index contributed by atoms with van der Waals surface area (Å²) in [5.41, 5.74) is 0.0118. The van der Waals surface area contributed by atoms with Crippen molar-refractivity contribution in [2.24, 2.45) is 0 Å². The molecule has 8 nitrogen and oxygen atoms in total. The molecule has 0 aromatic heterocycles. The van der Waals surface area contributed by atoms with Crippen molar-refractivity contribution in [2.45, 2.75) is 4.90 Å². The zero-order chi connectivity index (χ0) is 18.5. The van der Waals surface area contributed by atoms with E-state index in [9.17, 15) is 18.0 Å². The van der Waals surface area contributed by atoms with Gasteiger partial charge in [0.2, 0.25) is 0 Å². The fraction of sp³-hybridized carbons (Fsp3) is 0.0588. The van der Waals surface area contributed by atoms with E-state index in [0.717, 1.165) is 6.26 Å². The minimum Gasteiger partial charge on any atom is -0.275 e. The van der Waals surface area contributed by atoms with Crippen LogP contribution in [-0.4, -0.2) is 34.0 Å². The number of benzene rings is 2. The summed E-state index contributed by atoms with van der Waals surface area (Å²) in [6, 6.07) is 14.2. The number of nitrogens with zero attached hydrogens (tertiary/aromatic N) is 4. The van der Waals surface area contributed by atoms with Gasteiger partial charge in [-0.3, -0.25) is 9.36 Å². The van der Waals surface area contributed by atoms with E-state index < -0.39 is 21.1 Å². The predicted molar refractivity (Wildman–Crippen MR) is 95.0 cm³/mol. The second kappa shape index (κ2) is 5.60. The van der Waals surface area contributed by atoms with Gasteiger partial charge in [0, 0.05) is 18.0 Å². The summed E-state index contributed by atoms with van der Waals surface area (Å²) in [4.78, 5) is 25.0. The van der Waals surface area contributed by atoms with E-state index in [-0.39, 0.29) is 16.2 Å². The van der Waals surface area contributed by atoms with Crippen molar-refractivity contribution in [3.05, 3.63) is 75.4 Å². The van der Waals surface area contributed by atoms with Crippen LogP contribution in [0.25, 0.3) is 22.5 Å². The van der Waals surface area contributed by atoms with Crippen LogP contribution < -0.4 is 11.2 Å². The van der Waals surface area contributed by atoms with Gasteiger partial charge in [-0.05, 0) is 30.3 Å². The lowest BCUT2D eigenvalue weighted by atomic mass is 10.2. The first-order valence-electron chi connectivity index (χ1n) is 7.57. The highest BCUT2D eigenvalue weighted by Gasteiger charge is 2.18. The summed E-state index contributed by atoms with van der Waals surface area (Å²) in [6.07, 6.45) is 1.08. The molecule has 2 aromatic carbocycles. The normalized spacial score (nSPS) is 11.9. The average molecular weight is 368 g/mol. The zero-order valence-corrected chi connectivity index (χ0v) is 14.3. The molecule has 26 heavy (non-hydrogen) atoms. The van der Waals surface area contributed by atoms with E-state index in [1.807, 2.05) is 0 Å². The Morgan fingerprint density at radius 3 is 2.27 bits per heavy atom. The van der Waals surface area contributed by atoms with Crippen LogP contribution >= 0.6 is 0 Å². The summed E-state index contributed by atoms with van der Waals surface area (Å²) in [7, 11) is -3.51. The molecule has 2 heterocycles. The van der Waals surface area contributed by atoms with E-state index in [0.29, 0.717) is 11.2 Å². The molecular formula is C17H12N4O4S. The van der Waals surface area contributed by atoms with Crippen molar-refractivity contribution in [3.63, 3.8) is 0 Å². The van der Waals surface area contributed by atoms with E-state index in [2.05, 4.69) is 10.2 Å². The van der Waals surface area contributed by atoms with Gasteiger partial charge in [0.05, 0.1) is 15.9 Å². The summed E-state index contributed by atoms with van der Waals surface area (Å²) in [5.74, 6) is 0.0896. The molecule has 0 aliphatic carbocycles. The molecule has 2 aliphatic rings. The molecule has 2 aromatic rings. The van der Waals surface area contributed by atoms with Crippen LogP contribution in [0.2, 0.25) is 0 Å². The van der Waals surface area contributed by atoms with Crippen LogP contribution in [0, 0.1) is 0 Å². The van der Waals surface area contributed by atoms with Gasteiger partial charge in [0.25, 0.3) is 5.56 Å². The fourth-order valence-electron chi connectivity index (χ4n) is 2.84. The number of rotatable bonds is 2. The highest BCUT2D eigenvalue weighted by atomic mass is 32.2. The second-order valence-corrected chi connectivity index (χ2v) is 7.77. The SMILES string of the molecule is CS(=O)(=O)c1ccc2c(c1)n(-c1ccccc1)c(=O)cc1nnc(=O)n2-1. The van der Waals surface area contributed by atoms with Crippen LogP contribution in [-0.2, 0) is 9.84 Å². The molecule has 9 heteroatoms. The number of aromatic nitrogens is 4. The molecule has 130 valence electrons. The third-order valence-electron chi connectivity index (χ3n) is 4.00. The first-order chi connectivity index (χ1) is 12.4. The van der Waals surface area contributed by atoms with E-state index in [1.54, 1.807) is 30.3 Å². The number of hydrogen-bond acceptors (Lipinski definition) is 6. The molecule has 0 N–H and O–H groups in total. The first kappa shape index (κ1) is 16.2. The third-order valence-corrected chi connectivity index (χ3v) is 5.11. The van der Waals surface area contributed by atoms with Gasteiger partial charge in [-0.1, -0.05) is 23.3 Å². The first-order valence-corrected chi connectivity index (χ1v) is 9.46. The van der Waals surface area contributed by atoms with Crippen molar-refractivity contribution >= 4 is 20.9 Å². The molecule has 0 saturated heterocycles. The van der Waals surface area contributed by atoms with Gasteiger partial charge in [0.1, 0.15) is 0 Å². The summed E-state index contributed by atoms with van der Waals surface area (Å²) in [5, 5.41) is 7.22. The van der Waals surface area contributed by atoms with Crippen LogP contribution in [0.4, 0.5) is 0 Å². The molecule has 0 saturated carbocycles. The standard InChI is InChI=1S/C17H12N4O4S/c1-26(24,25)12-7-8-13-14(9-12)20(11-5-3-2-4-6-11)16(22)10-15-18-19-17(23)21(13)15/h2-10H,1H3. The number of para-hydroxylation sites is 1.